The third kappa shape index (κ3) is 3.44. The Balaban J connectivity index is 1.56. The molecule has 0 bridgehead atoms. The first-order chi connectivity index (χ1) is 13.1. The molecule has 3 heterocycles. The molecule has 0 unspecified atom stereocenters. The molecule has 4 rings (SSSR count). The number of nitrogens with zero attached hydrogens (tertiary/aromatic N) is 2. The van der Waals surface area contributed by atoms with Gasteiger partial charge in [-0.1, -0.05) is 29.8 Å². The van der Waals surface area contributed by atoms with E-state index in [1.54, 1.807) is 22.9 Å². The Bertz CT molecular complexity index is 788. The van der Waals surface area contributed by atoms with Gasteiger partial charge in [0, 0.05) is 12.1 Å². The zero-order chi connectivity index (χ0) is 19.0. The van der Waals surface area contributed by atoms with Gasteiger partial charge in [0.2, 0.25) is 0 Å². The van der Waals surface area contributed by atoms with Gasteiger partial charge in [-0.3, -0.25) is 9.69 Å². The summed E-state index contributed by atoms with van der Waals surface area (Å²) >= 11 is 6.36. The van der Waals surface area contributed by atoms with Gasteiger partial charge in [0.25, 0.3) is 5.91 Å². The van der Waals surface area contributed by atoms with E-state index >= 15 is 0 Å². The van der Waals surface area contributed by atoms with E-state index in [1.165, 1.54) is 32.4 Å². The number of halogens is 1. The summed E-state index contributed by atoms with van der Waals surface area (Å²) in [5.41, 5.74) is 2.21. The van der Waals surface area contributed by atoms with Gasteiger partial charge < -0.3 is 15.1 Å². The second-order valence-electron chi connectivity index (χ2n) is 7.61. The molecule has 6 nitrogen and oxygen atoms in total. The molecule has 7 heteroatoms. The van der Waals surface area contributed by atoms with E-state index in [-0.39, 0.29) is 11.9 Å². The smallest absolute Gasteiger partial charge is 0.322 e. The minimum Gasteiger partial charge on any atom is -0.333 e. The zero-order valence-corrected chi connectivity index (χ0v) is 16.4. The molecular weight excluding hydrogens is 364 g/mol. The molecule has 1 fully saturated rings. The van der Waals surface area contributed by atoms with Crippen molar-refractivity contribution in [3.8, 4) is 0 Å². The predicted molar refractivity (Wildman–Crippen MR) is 104 cm³/mol. The third-order valence-corrected chi connectivity index (χ3v) is 6.29. The molecule has 1 aromatic carbocycles. The van der Waals surface area contributed by atoms with Crippen molar-refractivity contribution in [2.45, 2.75) is 25.3 Å². The summed E-state index contributed by atoms with van der Waals surface area (Å²) in [5, 5.41) is 3.50. The molecule has 1 aromatic rings. The molecule has 1 atom stereocenters. The number of nitrogens with one attached hydrogen (secondary N) is 2. The molecule has 3 amide bonds. The van der Waals surface area contributed by atoms with Gasteiger partial charge in [-0.05, 0) is 30.9 Å². The average Bonchev–Trinajstić information content (AvgIpc) is 3.01. The van der Waals surface area contributed by atoms with Crippen LogP contribution in [0.3, 0.4) is 0 Å². The Morgan fingerprint density at radius 2 is 1.93 bits per heavy atom. The number of likely N-dealkylation sites (tertiary alicyclic amines) is 1. The highest BCUT2D eigenvalue weighted by molar-refractivity contribution is 6.31. The van der Waals surface area contributed by atoms with Crippen LogP contribution in [0.2, 0.25) is 5.02 Å². The zero-order valence-electron chi connectivity index (χ0n) is 15.6. The number of urea groups is 1. The Morgan fingerprint density at radius 3 is 2.67 bits per heavy atom. The first-order valence-corrected chi connectivity index (χ1v) is 10.1. The number of piperidine rings is 1. The van der Waals surface area contributed by atoms with Crippen molar-refractivity contribution < 1.29 is 14.5 Å². The van der Waals surface area contributed by atoms with Crippen LogP contribution >= 0.6 is 11.6 Å². The lowest BCUT2D eigenvalue weighted by molar-refractivity contribution is -0.904. The highest BCUT2D eigenvalue weighted by Crippen LogP contribution is 2.37. The molecule has 1 saturated heterocycles. The number of hydrogen-bond donors (Lipinski definition) is 2. The molecule has 2 N–H and O–H groups in total. The fraction of sp³-hybridized carbons (Fsp3) is 0.500. The maximum absolute atomic E-state index is 13.2. The van der Waals surface area contributed by atoms with Crippen LogP contribution in [0.1, 0.15) is 30.9 Å². The second-order valence-corrected chi connectivity index (χ2v) is 8.02. The van der Waals surface area contributed by atoms with Crippen LogP contribution in [0.25, 0.3) is 0 Å². The molecule has 0 radical (unpaired) electrons. The predicted octanol–water partition coefficient (Wildman–Crippen LogP) is 1.20. The monoisotopic (exact) mass is 389 g/mol. The van der Waals surface area contributed by atoms with E-state index in [0.29, 0.717) is 17.1 Å². The topological polar surface area (TPSA) is 57.1 Å². The van der Waals surface area contributed by atoms with Crippen molar-refractivity contribution in [1.29, 1.82) is 0 Å². The van der Waals surface area contributed by atoms with Gasteiger partial charge in [-0.25, -0.2) is 4.79 Å². The van der Waals surface area contributed by atoms with Gasteiger partial charge in [0.05, 0.1) is 50.0 Å². The Morgan fingerprint density at radius 1 is 1.19 bits per heavy atom. The van der Waals surface area contributed by atoms with Gasteiger partial charge in [0.1, 0.15) is 0 Å². The van der Waals surface area contributed by atoms with Crippen LogP contribution in [0.4, 0.5) is 4.79 Å². The van der Waals surface area contributed by atoms with Crippen molar-refractivity contribution in [2.24, 2.45) is 0 Å². The maximum Gasteiger partial charge on any atom is 0.322 e. The molecule has 0 spiro atoms. The van der Waals surface area contributed by atoms with E-state index < -0.39 is 6.04 Å². The summed E-state index contributed by atoms with van der Waals surface area (Å²) in [4.78, 5) is 30.7. The minimum atomic E-state index is -0.489. The first kappa shape index (κ1) is 18.3. The standard InChI is InChI=1S/C20H25ClN4O2/c1-23-16-13-25(12-11-24-9-5-2-6-10-24)19(26)17(16)18(22-20(23)27)14-7-3-4-8-15(14)21/h3-4,7-8,18H,2,5-6,9-13H2,1H3,(H,22,27)/p+1/t18-/m0/s1. The van der Waals surface area contributed by atoms with E-state index in [1.807, 2.05) is 23.1 Å². The largest absolute Gasteiger partial charge is 0.333 e. The highest BCUT2D eigenvalue weighted by Gasteiger charge is 2.43. The van der Waals surface area contributed by atoms with E-state index in [0.717, 1.165) is 24.4 Å². The molecule has 3 aliphatic rings. The van der Waals surface area contributed by atoms with Crippen LogP contribution in [0.5, 0.6) is 0 Å². The number of carbonyl (C=O) groups excluding carboxylic acids is 2. The lowest BCUT2D eigenvalue weighted by atomic mass is 9.96. The number of likely N-dealkylation sites (N-methyl/N-ethyl adjacent to an activating group) is 1. The molecular formula is C20H26ClN4O2+. The summed E-state index contributed by atoms with van der Waals surface area (Å²) in [6.07, 6.45) is 3.86. The van der Waals surface area contributed by atoms with Crippen molar-refractivity contribution in [3.05, 3.63) is 46.1 Å². The lowest BCUT2D eigenvalue weighted by Crippen LogP contribution is -3.13. The first-order valence-electron chi connectivity index (χ1n) is 9.71. The van der Waals surface area contributed by atoms with Crippen LogP contribution in [-0.2, 0) is 4.79 Å². The Labute approximate surface area is 164 Å². The summed E-state index contributed by atoms with van der Waals surface area (Å²) in [5.74, 6) is 0.0122. The number of carbonyl (C=O) groups is 2. The summed E-state index contributed by atoms with van der Waals surface area (Å²) < 4.78 is 0. The van der Waals surface area contributed by atoms with Crippen LogP contribution in [-0.4, -0.2) is 61.5 Å². The van der Waals surface area contributed by atoms with E-state index in [2.05, 4.69) is 5.32 Å². The van der Waals surface area contributed by atoms with Crippen molar-refractivity contribution in [2.75, 3.05) is 39.8 Å². The third-order valence-electron chi connectivity index (χ3n) is 5.95. The van der Waals surface area contributed by atoms with Crippen molar-refractivity contribution in [3.63, 3.8) is 0 Å². The minimum absolute atomic E-state index is 0.0122. The second kappa shape index (κ2) is 7.52. The Hall–Kier alpha value is -2.05. The summed E-state index contributed by atoms with van der Waals surface area (Å²) in [6, 6.07) is 6.70. The average molecular weight is 390 g/mol. The lowest BCUT2D eigenvalue weighted by Gasteiger charge is -2.31. The summed E-state index contributed by atoms with van der Waals surface area (Å²) in [6.45, 7) is 4.56. The fourth-order valence-corrected chi connectivity index (χ4v) is 4.59. The molecule has 0 aliphatic carbocycles. The molecule has 0 saturated carbocycles. The van der Waals surface area contributed by atoms with E-state index in [4.69, 9.17) is 11.6 Å². The fourth-order valence-electron chi connectivity index (χ4n) is 4.34. The molecule has 3 aliphatic heterocycles. The maximum atomic E-state index is 13.2. The molecule has 0 aromatic heterocycles. The quantitative estimate of drug-likeness (QED) is 0.813. The number of rotatable bonds is 4. The molecule has 144 valence electrons. The van der Waals surface area contributed by atoms with Crippen LogP contribution in [0.15, 0.2) is 35.5 Å². The number of benzene rings is 1. The number of hydrogen-bond acceptors (Lipinski definition) is 2. The van der Waals surface area contributed by atoms with Gasteiger partial charge in [0.15, 0.2) is 0 Å². The van der Waals surface area contributed by atoms with Gasteiger partial charge in [-0.2, -0.15) is 0 Å². The normalized spacial score (nSPS) is 23.7. The van der Waals surface area contributed by atoms with Gasteiger partial charge in [-0.15, -0.1) is 0 Å². The van der Waals surface area contributed by atoms with Gasteiger partial charge >= 0.3 is 6.03 Å². The van der Waals surface area contributed by atoms with E-state index in [9.17, 15) is 9.59 Å². The Kier molecular flexibility index (Phi) is 5.10. The van der Waals surface area contributed by atoms with Crippen LogP contribution < -0.4 is 10.2 Å². The van der Waals surface area contributed by atoms with Crippen molar-refractivity contribution >= 4 is 23.5 Å². The summed E-state index contributed by atoms with van der Waals surface area (Å²) in [7, 11) is 1.72. The number of amides is 3. The molecule has 27 heavy (non-hydrogen) atoms. The van der Waals surface area contributed by atoms with Crippen molar-refractivity contribution in [1.82, 2.24) is 15.1 Å². The SMILES string of the molecule is CN1C(=O)N[C@@H](c2ccccc2Cl)C2=C1CN(CC[NH+]1CCCCC1)C2=O. The highest BCUT2D eigenvalue weighted by atomic mass is 35.5. The number of quaternary nitrogens is 1. The van der Waals surface area contributed by atoms with Crippen LogP contribution in [0, 0.1) is 0 Å².